The number of sulfonamides is 1. The number of nitrogens with one attached hydrogen (secondary N) is 1. The van der Waals surface area contributed by atoms with Crippen LogP contribution in [0.15, 0.2) is 41.6 Å². The molecule has 0 bridgehead atoms. The summed E-state index contributed by atoms with van der Waals surface area (Å²) in [6.45, 7) is 3.59. The quantitative estimate of drug-likeness (QED) is 0.918. The van der Waals surface area contributed by atoms with Gasteiger partial charge < -0.3 is 9.88 Å². The molecule has 1 N–H and O–H groups in total. The van der Waals surface area contributed by atoms with Crippen molar-refractivity contribution in [3.05, 3.63) is 48.0 Å². The van der Waals surface area contributed by atoms with E-state index in [4.69, 9.17) is 0 Å². The molecule has 0 amide bonds. The van der Waals surface area contributed by atoms with Crippen LogP contribution in [-0.4, -0.2) is 41.9 Å². The summed E-state index contributed by atoms with van der Waals surface area (Å²) in [5.41, 5.74) is 1.04. The number of imidazole rings is 1. The van der Waals surface area contributed by atoms with E-state index in [1.54, 1.807) is 22.6 Å². The van der Waals surface area contributed by atoms with Crippen molar-refractivity contribution in [2.24, 2.45) is 7.05 Å². The van der Waals surface area contributed by atoms with Crippen LogP contribution in [0.1, 0.15) is 17.4 Å². The number of benzene rings is 1. The van der Waals surface area contributed by atoms with Crippen molar-refractivity contribution >= 4 is 10.0 Å². The van der Waals surface area contributed by atoms with Gasteiger partial charge in [-0.3, -0.25) is 0 Å². The number of hydrogen-bond acceptors (Lipinski definition) is 4. The average molecular weight is 320 g/mol. The molecule has 118 valence electrons. The van der Waals surface area contributed by atoms with Crippen LogP contribution < -0.4 is 5.32 Å². The van der Waals surface area contributed by atoms with Gasteiger partial charge >= 0.3 is 0 Å². The van der Waals surface area contributed by atoms with E-state index >= 15 is 0 Å². The van der Waals surface area contributed by atoms with Gasteiger partial charge in [-0.25, -0.2) is 13.4 Å². The highest BCUT2D eigenvalue weighted by molar-refractivity contribution is 7.89. The molecule has 1 aromatic heterocycles. The molecular weight excluding hydrogens is 300 g/mol. The van der Waals surface area contributed by atoms with Gasteiger partial charge in [0.25, 0.3) is 0 Å². The Kier molecular flexibility index (Phi) is 4.03. The molecular formula is C15H20N4O2S. The number of aromatic nitrogens is 2. The standard InChI is InChI=1S/C15H20N4O2S/c1-12-3-5-13(6-4-12)22(20,21)19-10-7-16-11-14(19)15-17-8-9-18(15)2/h3-6,8-9,14,16H,7,10-11H2,1-2H3. The van der Waals surface area contributed by atoms with E-state index in [2.05, 4.69) is 10.3 Å². The van der Waals surface area contributed by atoms with E-state index in [1.165, 1.54) is 0 Å². The van der Waals surface area contributed by atoms with Crippen molar-refractivity contribution in [1.82, 2.24) is 19.2 Å². The topological polar surface area (TPSA) is 67.2 Å². The summed E-state index contributed by atoms with van der Waals surface area (Å²) in [6, 6.07) is 6.69. The molecule has 1 aliphatic heterocycles. The van der Waals surface area contributed by atoms with Crippen molar-refractivity contribution in [3.63, 3.8) is 0 Å². The highest BCUT2D eigenvalue weighted by Gasteiger charge is 2.36. The number of nitrogens with zero attached hydrogens (tertiary/aromatic N) is 3. The van der Waals surface area contributed by atoms with Gasteiger partial charge in [0.1, 0.15) is 5.82 Å². The molecule has 0 spiro atoms. The van der Waals surface area contributed by atoms with Crippen molar-refractivity contribution < 1.29 is 8.42 Å². The van der Waals surface area contributed by atoms with Crippen LogP contribution in [0.4, 0.5) is 0 Å². The molecule has 2 aromatic rings. The Bertz CT molecular complexity index is 752. The van der Waals surface area contributed by atoms with Gasteiger partial charge in [0.15, 0.2) is 0 Å². The van der Waals surface area contributed by atoms with Crippen LogP contribution in [0, 0.1) is 6.92 Å². The average Bonchev–Trinajstić information content (AvgIpc) is 2.94. The lowest BCUT2D eigenvalue weighted by Crippen LogP contribution is -2.49. The molecule has 7 heteroatoms. The van der Waals surface area contributed by atoms with Crippen molar-refractivity contribution in [1.29, 1.82) is 0 Å². The van der Waals surface area contributed by atoms with E-state index in [-0.39, 0.29) is 6.04 Å². The fraction of sp³-hybridized carbons (Fsp3) is 0.400. The van der Waals surface area contributed by atoms with Crippen molar-refractivity contribution in [3.8, 4) is 0 Å². The summed E-state index contributed by atoms with van der Waals surface area (Å²) in [4.78, 5) is 4.66. The predicted molar refractivity (Wildman–Crippen MR) is 83.9 cm³/mol. The molecule has 1 aliphatic rings. The lowest BCUT2D eigenvalue weighted by molar-refractivity contribution is 0.258. The van der Waals surface area contributed by atoms with E-state index in [0.29, 0.717) is 24.5 Å². The SMILES string of the molecule is Cc1ccc(S(=O)(=O)N2CCNCC2c2nccn2C)cc1. The van der Waals surface area contributed by atoms with Crippen molar-refractivity contribution in [2.45, 2.75) is 17.9 Å². The highest BCUT2D eigenvalue weighted by atomic mass is 32.2. The molecule has 1 unspecified atom stereocenters. The molecule has 6 nitrogen and oxygen atoms in total. The van der Waals surface area contributed by atoms with E-state index in [0.717, 1.165) is 11.4 Å². The largest absolute Gasteiger partial charge is 0.337 e. The fourth-order valence-corrected chi connectivity index (χ4v) is 4.32. The third-order valence-electron chi connectivity index (χ3n) is 3.98. The van der Waals surface area contributed by atoms with Crippen LogP contribution in [0.2, 0.25) is 0 Å². The Labute approximate surface area is 130 Å². The second kappa shape index (κ2) is 5.83. The lowest BCUT2D eigenvalue weighted by atomic mass is 10.2. The Morgan fingerprint density at radius 2 is 2.00 bits per heavy atom. The van der Waals surface area contributed by atoms with Crippen LogP contribution in [-0.2, 0) is 17.1 Å². The van der Waals surface area contributed by atoms with Crippen LogP contribution in [0.25, 0.3) is 0 Å². The van der Waals surface area contributed by atoms with Gasteiger partial charge in [-0.2, -0.15) is 4.31 Å². The third-order valence-corrected chi connectivity index (χ3v) is 5.90. The number of hydrogen-bond donors (Lipinski definition) is 1. The van der Waals surface area contributed by atoms with E-state index < -0.39 is 10.0 Å². The molecule has 1 aromatic carbocycles. The maximum Gasteiger partial charge on any atom is 0.243 e. The second-order valence-electron chi connectivity index (χ2n) is 5.55. The highest BCUT2D eigenvalue weighted by Crippen LogP contribution is 2.27. The Balaban J connectivity index is 2.00. The molecule has 0 radical (unpaired) electrons. The normalized spacial score (nSPS) is 20.2. The number of piperazine rings is 1. The maximum absolute atomic E-state index is 13.0. The van der Waals surface area contributed by atoms with Gasteiger partial charge in [0.05, 0.1) is 10.9 Å². The molecule has 3 rings (SSSR count). The fourth-order valence-electron chi connectivity index (χ4n) is 2.74. The summed E-state index contributed by atoms with van der Waals surface area (Å²) in [5, 5.41) is 3.25. The zero-order valence-corrected chi connectivity index (χ0v) is 13.5. The summed E-state index contributed by atoms with van der Waals surface area (Å²) >= 11 is 0. The zero-order chi connectivity index (χ0) is 15.7. The number of rotatable bonds is 3. The first-order valence-corrected chi connectivity index (χ1v) is 8.70. The first kappa shape index (κ1) is 15.2. The second-order valence-corrected chi connectivity index (χ2v) is 7.44. The molecule has 22 heavy (non-hydrogen) atoms. The molecule has 1 fully saturated rings. The summed E-state index contributed by atoms with van der Waals surface area (Å²) in [5.74, 6) is 0.753. The Hall–Kier alpha value is -1.70. The van der Waals surface area contributed by atoms with Crippen LogP contribution >= 0.6 is 0 Å². The molecule has 0 saturated carbocycles. The van der Waals surface area contributed by atoms with E-state index in [9.17, 15) is 8.42 Å². The van der Waals surface area contributed by atoms with Gasteiger partial charge in [-0.05, 0) is 19.1 Å². The zero-order valence-electron chi connectivity index (χ0n) is 12.7. The first-order chi connectivity index (χ1) is 10.5. The Morgan fingerprint density at radius 1 is 1.27 bits per heavy atom. The smallest absolute Gasteiger partial charge is 0.243 e. The minimum atomic E-state index is -3.53. The summed E-state index contributed by atoms with van der Waals surface area (Å²) in [6.07, 6.45) is 3.53. The minimum Gasteiger partial charge on any atom is -0.337 e. The van der Waals surface area contributed by atoms with Crippen molar-refractivity contribution in [2.75, 3.05) is 19.6 Å². The summed E-state index contributed by atoms with van der Waals surface area (Å²) < 4.78 is 29.4. The summed E-state index contributed by atoms with van der Waals surface area (Å²) in [7, 11) is -1.65. The predicted octanol–water partition coefficient (Wildman–Crippen LogP) is 1.06. The van der Waals surface area contributed by atoms with Crippen LogP contribution in [0.5, 0.6) is 0 Å². The molecule has 0 aliphatic carbocycles. The molecule has 2 heterocycles. The maximum atomic E-state index is 13.0. The molecule has 1 atom stereocenters. The molecule has 1 saturated heterocycles. The lowest BCUT2D eigenvalue weighted by Gasteiger charge is -2.34. The monoisotopic (exact) mass is 320 g/mol. The van der Waals surface area contributed by atoms with Crippen LogP contribution in [0.3, 0.4) is 0 Å². The Morgan fingerprint density at radius 3 is 2.64 bits per heavy atom. The van der Waals surface area contributed by atoms with Gasteiger partial charge in [-0.15, -0.1) is 0 Å². The minimum absolute atomic E-state index is 0.292. The van der Waals surface area contributed by atoms with Gasteiger partial charge in [0.2, 0.25) is 10.0 Å². The van der Waals surface area contributed by atoms with E-state index in [1.807, 2.05) is 36.9 Å². The number of aryl methyl sites for hydroxylation is 2. The third kappa shape index (κ3) is 2.67. The van der Waals surface area contributed by atoms with Gasteiger partial charge in [-0.1, -0.05) is 17.7 Å². The van der Waals surface area contributed by atoms with Gasteiger partial charge in [0, 0.05) is 39.1 Å². The first-order valence-electron chi connectivity index (χ1n) is 7.26.